The van der Waals surface area contributed by atoms with E-state index in [0.29, 0.717) is 11.4 Å². The maximum atomic E-state index is 12.8. The summed E-state index contributed by atoms with van der Waals surface area (Å²) in [6.07, 6.45) is -4.40. The van der Waals surface area contributed by atoms with Crippen LogP contribution in [-0.4, -0.2) is 22.5 Å². The Kier molecular flexibility index (Phi) is 5.00. The number of hydrogen-bond donors (Lipinski definition) is 2. The van der Waals surface area contributed by atoms with Gasteiger partial charge in [0, 0.05) is 23.2 Å². The molecule has 0 saturated carbocycles. The number of nitrogens with one attached hydrogen (secondary N) is 1. The van der Waals surface area contributed by atoms with E-state index in [0.717, 1.165) is 34.0 Å². The van der Waals surface area contributed by atoms with Gasteiger partial charge in [-0.2, -0.15) is 13.2 Å². The fourth-order valence-electron chi connectivity index (χ4n) is 3.85. The number of aliphatic hydroxyl groups is 1. The highest BCUT2D eigenvalue weighted by Crippen LogP contribution is 2.35. The zero-order valence-electron chi connectivity index (χ0n) is 16.2. The summed E-state index contributed by atoms with van der Waals surface area (Å²) in [7, 11) is 1.88. The number of likely N-dealkylation sites (N-methyl/N-ethyl adjacent to an activating group) is 1. The lowest BCUT2D eigenvalue weighted by molar-refractivity contribution is -0.137. The van der Waals surface area contributed by atoms with Gasteiger partial charge in [-0.3, -0.25) is 5.43 Å². The maximum Gasteiger partial charge on any atom is 0.416 e. The van der Waals surface area contributed by atoms with Crippen LogP contribution in [0.4, 0.5) is 18.9 Å². The summed E-state index contributed by atoms with van der Waals surface area (Å²) in [5, 5.41) is 14.3. The first kappa shape index (κ1) is 20.6. The molecule has 2 heterocycles. The van der Waals surface area contributed by atoms with Crippen molar-refractivity contribution in [3.05, 3.63) is 76.1 Å². The maximum absolute atomic E-state index is 12.8. The Morgan fingerprint density at radius 1 is 0.966 bits per heavy atom. The summed E-state index contributed by atoms with van der Waals surface area (Å²) in [5.41, 5.74) is 5.22. The minimum absolute atomic E-state index is 0. The molecule has 4 rings (SSSR count). The Morgan fingerprint density at radius 2 is 1.55 bits per heavy atom. The highest BCUT2D eigenvalue weighted by molar-refractivity contribution is 5.77. The van der Waals surface area contributed by atoms with Gasteiger partial charge in [-0.1, -0.05) is 38.1 Å². The molecule has 0 radical (unpaired) electrons. The zero-order chi connectivity index (χ0) is 20.2. The van der Waals surface area contributed by atoms with Crippen molar-refractivity contribution in [1.82, 2.24) is 10.3 Å². The number of benzene rings is 2. The highest BCUT2D eigenvalue weighted by Gasteiger charge is 2.36. The largest absolute Gasteiger partial charge is 0.492 e. The van der Waals surface area contributed by atoms with Crippen molar-refractivity contribution in [1.29, 1.82) is 0 Å². The van der Waals surface area contributed by atoms with E-state index in [1.54, 1.807) is 0 Å². The van der Waals surface area contributed by atoms with Crippen molar-refractivity contribution in [3.63, 3.8) is 0 Å². The Balaban J connectivity index is 0.00000240. The summed E-state index contributed by atoms with van der Waals surface area (Å²) in [4.78, 5) is 1.94. The third-order valence-corrected chi connectivity index (χ3v) is 5.05. The van der Waals surface area contributed by atoms with E-state index in [1.807, 2.05) is 36.2 Å². The summed E-state index contributed by atoms with van der Waals surface area (Å²) in [5.74, 6) is 0.165. The molecule has 0 saturated heterocycles. The second-order valence-electron chi connectivity index (χ2n) is 7.18. The van der Waals surface area contributed by atoms with Crippen molar-refractivity contribution in [2.75, 3.05) is 12.1 Å². The number of rotatable bonds is 2. The highest BCUT2D eigenvalue weighted by atomic mass is 19.4. The van der Waals surface area contributed by atoms with Gasteiger partial charge < -0.3 is 15.5 Å². The molecule has 2 aromatic carbocycles. The van der Waals surface area contributed by atoms with Crippen LogP contribution < -0.4 is 20.9 Å². The molecule has 2 aliphatic heterocycles. The molecule has 0 atom stereocenters. The van der Waals surface area contributed by atoms with Crippen LogP contribution in [-0.2, 0) is 6.18 Å². The summed E-state index contributed by atoms with van der Waals surface area (Å²) < 4.78 is 38.5. The summed E-state index contributed by atoms with van der Waals surface area (Å²) >= 11 is 0. The molecule has 0 unspecified atom stereocenters. The lowest BCUT2D eigenvalue weighted by Crippen LogP contribution is -2.44. The zero-order valence-corrected chi connectivity index (χ0v) is 16.2. The quantitative estimate of drug-likeness (QED) is 0.805. The predicted molar refractivity (Wildman–Crippen MR) is 105 cm³/mol. The molecule has 0 fully saturated rings. The van der Waals surface area contributed by atoms with Crippen LogP contribution in [0.2, 0.25) is 0 Å². The van der Waals surface area contributed by atoms with E-state index >= 15 is 0 Å². The molecule has 0 amide bonds. The van der Waals surface area contributed by atoms with E-state index in [-0.39, 0.29) is 17.3 Å². The summed E-state index contributed by atoms with van der Waals surface area (Å²) in [6, 6.07) is 12.6. The number of hydrogen-bond acceptors (Lipinski definition) is 4. The second kappa shape index (κ2) is 7.04. The number of fused-ring (bicyclic) bond motifs is 2. The number of aliphatic hydroxyl groups excluding tert-OH is 1. The van der Waals surface area contributed by atoms with Gasteiger partial charge >= 0.3 is 6.18 Å². The van der Waals surface area contributed by atoms with E-state index in [1.165, 1.54) is 17.1 Å². The van der Waals surface area contributed by atoms with Crippen molar-refractivity contribution < 1.29 is 23.8 Å². The molecule has 8 heteroatoms. The Morgan fingerprint density at radius 3 is 2.10 bits per heavy atom. The average Bonchev–Trinajstić information content (AvgIpc) is 2.99. The van der Waals surface area contributed by atoms with Gasteiger partial charge in [0.15, 0.2) is 0 Å². The van der Waals surface area contributed by atoms with Crippen molar-refractivity contribution in [2.24, 2.45) is 5.92 Å². The molecule has 154 valence electrons. The minimum Gasteiger partial charge on any atom is -0.492 e. The molecule has 29 heavy (non-hydrogen) atoms. The smallest absolute Gasteiger partial charge is 0.416 e. The minimum atomic E-state index is -4.40. The number of halogens is 3. The fourth-order valence-corrected chi connectivity index (χ4v) is 3.85. The molecule has 0 spiro atoms. The molecule has 0 aromatic heterocycles. The third-order valence-electron chi connectivity index (χ3n) is 5.05. The Hall–Kier alpha value is -3.13. The molecule has 0 bridgehead atoms. The molecular formula is C21H22F3N3O2. The summed E-state index contributed by atoms with van der Waals surface area (Å²) in [6.45, 7) is 4.17. The molecule has 2 aliphatic rings. The fraction of sp³-hybridized carbons (Fsp3) is 0.238. The van der Waals surface area contributed by atoms with Gasteiger partial charge in [0.1, 0.15) is 5.70 Å². The van der Waals surface area contributed by atoms with Crippen molar-refractivity contribution >= 4 is 17.1 Å². The molecule has 2 aromatic rings. The van der Waals surface area contributed by atoms with Crippen molar-refractivity contribution in [3.8, 4) is 0 Å². The van der Waals surface area contributed by atoms with Crippen LogP contribution in [0.15, 0.2) is 60.1 Å². The number of hydrazine groups is 1. The average molecular weight is 405 g/mol. The van der Waals surface area contributed by atoms with Gasteiger partial charge in [-0.05, 0) is 30.2 Å². The third kappa shape index (κ3) is 3.19. The van der Waals surface area contributed by atoms with Crippen LogP contribution in [0.1, 0.15) is 19.4 Å². The van der Waals surface area contributed by atoms with E-state index in [2.05, 4.69) is 19.3 Å². The molecule has 5 nitrogen and oxygen atoms in total. The lowest BCUT2D eigenvalue weighted by atomic mass is 9.99. The number of alkyl halides is 3. The van der Waals surface area contributed by atoms with Gasteiger partial charge in [-0.15, -0.1) is 0 Å². The topological polar surface area (TPSA) is 70.2 Å². The van der Waals surface area contributed by atoms with Gasteiger partial charge in [-0.25, -0.2) is 5.01 Å². The number of nitrogens with zero attached hydrogens (tertiary/aromatic N) is 2. The van der Waals surface area contributed by atoms with E-state index in [4.69, 9.17) is 0 Å². The molecule has 4 N–H and O–H groups in total. The van der Waals surface area contributed by atoms with E-state index in [9.17, 15) is 18.3 Å². The molecule has 0 aliphatic carbocycles. The normalized spacial score (nSPS) is 16.0. The SMILES string of the molecule is CC(C)C1=c2ccccc2=C2NN(c3ccc(C(F)(F)F)cc3)C(O)=C2N1C.O. The second-order valence-corrected chi connectivity index (χ2v) is 7.18. The van der Waals surface area contributed by atoms with Crippen LogP contribution >= 0.6 is 0 Å². The van der Waals surface area contributed by atoms with Crippen LogP contribution in [0, 0.1) is 5.92 Å². The first-order valence-corrected chi connectivity index (χ1v) is 8.95. The first-order valence-electron chi connectivity index (χ1n) is 8.95. The van der Waals surface area contributed by atoms with Crippen LogP contribution in [0.5, 0.6) is 0 Å². The van der Waals surface area contributed by atoms with E-state index < -0.39 is 11.7 Å². The van der Waals surface area contributed by atoms with Gasteiger partial charge in [0.2, 0.25) is 5.88 Å². The Bertz CT molecular complexity index is 1090. The Labute approximate surface area is 166 Å². The predicted octanol–water partition coefficient (Wildman–Crippen LogP) is 2.45. The van der Waals surface area contributed by atoms with Crippen LogP contribution in [0.25, 0.3) is 11.4 Å². The monoisotopic (exact) mass is 405 g/mol. The molecular weight excluding hydrogens is 383 g/mol. The lowest BCUT2D eigenvalue weighted by Gasteiger charge is -2.30. The van der Waals surface area contributed by atoms with Crippen LogP contribution in [0.3, 0.4) is 0 Å². The number of anilines is 1. The van der Waals surface area contributed by atoms with Gasteiger partial charge in [0.25, 0.3) is 0 Å². The van der Waals surface area contributed by atoms with Crippen molar-refractivity contribution in [2.45, 2.75) is 20.0 Å². The first-order chi connectivity index (χ1) is 13.2. The van der Waals surface area contributed by atoms with Gasteiger partial charge in [0.05, 0.1) is 16.9 Å². The standard InChI is InChI=1S/C21H20F3N3O.H2O/c1-12(2)18-16-7-5-4-6-15(16)17-19(26(18)3)20(28)27(25-17)14-10-8-13(9-11-14)21(22,23)24;/h4-12,25,28H,1-3H3;1H2.